The van der Waals surface area contributed by atoms with E-state index in [1.54, 1.807) is 11.3 Å². The van der Waals surface area contributed by atoms with Crippen molar-refractivity contribution in [1.29, 1.82) is 0 Å². The second kappa shape index (κ2) is 9.90. The number of carbonyl (C=O) groups excluding carboxylic acids is 1. The van der Waals surface area contributed by atoms with Gasteiger partial charge in [-0.15, -0.1) is 0 Å². The second-order valence-corrected chi connectivity index (χ2v) is 8.14. The highest BCUT2D eigenvalue weighted by molar-refractivity contribution is 7.07. The highest BCUT2D eigenvalue weighted by Gasteiger charge is 2.22. The third kappa shape index (κ3) is 5.81. The van der Waals surface area contributed by atoms with Crippen LogP contribution in [0.1, 0.15) is 48.4 Å². The molecule has 27 heavy (non-hydrogen) atoms. The summed E-state index contributed by atoms with van der Waals surface area (Å²) in [6.45, 7) is 7.02. The van der Waals surface area contributed by atoms with Crippen molar-refractivity contribution < 1.29 is 9.53 Å². The summed E-state index contributed by atoms with van der Waals surface area (Å²) in [5, 5.41) is 7.40. The highest BCUT2D eigenvalue weighted by atomic mass is 32.1. The minimum absolute atomic E-state index is 0.0544. The Kier molecular flexibility index (Phi) is 7.30. The van der Waals surface area contributed by atoms with E-state index in [0.717, 1.165) is 18.8 Å². The van der Waals surface area contributed by atoms with Gasteiger partial charge in [0.25, 0.3) is 5.91 Å². The highest BCUT2D eigenvalue weighted by Crippen LogP contribution is 2.25. The lowest BCUT2D eigenvalue weighted by Gasteiger charge is -2.30. The number of carbonyl (C=O) groups is 1. The molecule has 5 heteroatoms. The predicted molar refractivity (Wildman–Crippen MR) is 112 cm³/mol. The van der Waals surface area contributed by atoms with Gasteiger partial charge in [0, 0.05) is 6.54 Å². The van der Waals surface area contributed by atoms with Crippen molar-refractivity contribution in [1.82, 2.24) is 10.2 Å². The maximum Gasteiger partial charge on any atom is 0.258 e. The number of benzene rings is 1. The van der Waals surface area contributed by atoms with Crippen LogP contribution in [0, 0.1) is 13.8 Å². The summed E-state index contributed by atoms with van der Waals surface area (Å²) >= 11 is 1.72. The molecule has 1 N–H and O–H groups in total. The average molecular weight is 387 g/mol. The summed E-state index contributed by atoms with van der Waals surface area (Å²) in [7, 11) is 0. The quantitative estimate of drug-likeness (QED) is 0.763. The van der Waals surface area contributed by atoms with Gasteiger partial charge in [0.15, 0.2) is 6.61 Å². The number of likely N-dealkylation sites (tertiary alicyclic amines) is 1. The first-order valence-corrected chi connectivity index (χ1v) is 10.8. The molecule has 1 saturated heterocycles. The van der Waals surface area contributed by atoms with Crippen LogP contribution >= 0.6 is 11.3 Å². The van der Waals surface area contributed by atoms with E-state index in [4.69, 9.17) is 4.74 Å². The molecule has 0 saturated carbocycles. The zero-order valence-corrected chi connectivity index (χ0v) is 17.2. The summed E-state index contributed by atoms with van der Waals surface area (Å²) in [4.78, 5) is 14.9. The van der Waals surface area contributed by atoms with Gasteiger partial charge in [0.2, 0.25) is 0 Å². The molecule has 1 fully saturated rings. The number of nitrogens with zero attached hydrogens (tertiary/aromatic N) is 1. The molecule has 3 rings (SSSR count). The number of hydrogen-bond donors (Lipinski definition) is 1. The minimum atomic E-state index is -0.0664. The van der Waals surface area contributed by atoms with Crippen LogP contribution in [-0.4, -0.2) is 37.0 Å². The van der Waals surface area contributed by atoms with Gasteiger partial charge in [0.1, 0.15) is 5.75 Å². The molecule has 0 radical (unpaired) electrons. The van der Waals surface area contributed by atoms with E-state index in [0.29, 0.717) is 6.54 Å². The number of hydrogen-bond acceptors (Lipinski definition) is 4. The third-order valence-corrected chi connectivity index (χ3v) is 6.05. The van der Waals surface area contributed by atoms with E-state index in [9.17, 15) is 4.79 Å². The molecule has 4 nitrogen and oxygen atoms in total. The van der Waals surface area contributed by atoms with E-state index in [-0.39, 0.29) is 18.6 Å². The Morgan fingerprint density at radius 3 is 2.59 bits per heavy atom. The first kappa shape index (κ1) is 19.9. The Balaban J connectivity index is 1.54. The predicted octanol–water partition coefficient (Wildman–Crippen LogP) is 4.48. The molecule has 0 spiro atoms. The van der Waals surface area contributed by atoms with Gasteiger partial charge < -0.3 is 10.1 Å². The summed E-state index contributed by atoms with van der Waals surface area (Å²) in [6, 6.07) is 8.35. The van der Waals surface area contributed by atoms with Crippen LogP contribution in [-0.2, 0) is 4.79 Å². The first-order chi connectivity index (χ1) is 13.1. The topological polar surface area (TPSA) is 41.6 Å². The van der Waals surface area contributed by atoms with Crippen LogP contribution in [0.3, 0.4) is 0 Å². The van der Waals surface area contributed by atoms with Crippen LogP contribution in [0.2, 0.25) is 0 Å². The molecule has 2 heterocycles. The number of aryl methyl sites for hydroxylation is 2. The SMILES string of the molecule is Cc1ccc(OCC(=O)NCC(c2ccsc2)N2CCCCCC2)cc1C. The molecule has 0 bridgehead atoms. The zero-order chi connectivity index (χ0) is 19.1. The van der Waals surface area contributed by atoms with Gasteiger partial charge in [-0.05, 0) is 85.4 Å². The van der Waals surface area contributed by atoms with Crippen molar-refractivity contribution in [3.05, 3.63) is 51.7 Å². The summed E-state index contributed by atoms with van der Waals surface area (Å²) in [5.41, 5.74) is 3.70. The van der Waals surface area contributed by atoms with Gasteiger partial charge in [-0.2, -0.15) is 11.3 Å². The van der Waals surface area contributed by atoms with E-state index >= 15 is 0 Å². The molecule has 1 aliphatic heterocycles. The maximum absolute atomic E-state index is 12.3. The number of ether oxygens (including phenoxy) is 1. The molecule has 1 aliphatic rings. The smallest absolute Gasteiger partial charge is 0.258 e. The van der Waals surface area contributed by atoms with Crippen LogP contribution in [0.5, 0.6) is 5.75 Å². The molecule has 1 unspecified atom stereocenters. The monoisotopic (exact) mass is 386 g/mol. The molecule has 146 valence electrons. The van der Waals surface area contributed by atoms with Crippen molar-refractivity contribution >= 4 is 17.2 Å². The van der Waals surface area contributed by atoms with Gasteiger partial charge in [-0.1, -0.05) is 18.9 Å². The Hall–Kier alpha value is -1.85. The number of rotatable bonds is 7. The Labute approximate surface area is 166 Å². The van der Waals surface area contributed by atoms with Crippen LogP contribution in [0.25, 0.3) is 0 Å². The molecular weight excluding hydrogens is 356 g/mol. The van der Waals surface area contributed by atoms with E-state index in [1.165, 1.54) is 42.4 Å². The summed E-state index contributed by atoms with van der Waals surface area (Å²) in [5.74, 6) is 0.679. The fourth-order valence-electron chi connectivity index (χ4n) is 3.54. The number of nitrogens with one attached hydrogen (secondary N) is 1. The largest absolute Gasteiger partial charge is 0.484 e. The molecule has 1 amide bonds. The van der Waals surface area contributed by atoms with Crippen molar-refractivity contribution in [3.8, 4) is 5.75 Å². The lowest BCUT2D eigenvalue weighted by molar-refractivity contribution is -0.123. The zero-order valence-electron chi connectivity index (χ0n) is 16.4. The van der Waals surface area contributed by atoms with Crippen LogP contribution < -0.4 is 10.1 Å². The molecule has 1 aromatic heterocycles. The lowest BCUT2D eigenvalue weighted by atomic mass is 10.1. The fourth-order valence-corrected chi connectivity index (χ4v) is 4.25. The van der Waals surface area contributed by atoms with Gasteiger partial charge in [-0.3, -0.25) is 9.69 Å². The van der Waals surface area contributed by atoms with Crippen LogP contribution in [0.4, 0.5) is 0 Å². The standard InChI is InChI=1S/C22H30N2O2S/c1-17-7-8-20(13-18(17)2)26-15-22(25)23-14-21(19-9-12-27-16-19)24-10-5-3-4-6-11-24/h7-9,12-13,16,21H,3-6,10-11,14-15H2,1-2H3,(H,23,25). The van der Waals surface area contributed by atoms with E-state index in [2.05, 4.69) is 40.9 Å². The van der Waals surface area contributed by atoms with Crippen molar-refractivity contribution in [3.63, 3.8) is 0 Å². The van der Waals surface area contributed by atoms with Gasteiger partial charge in [-0.25, -0.2) is 0 Å². The number of amides is 1. The molecular formula is C22H30N2O2S. The van der Waals surface area contributed by atoms with E-state index < -0.39 is 0 Å². The summed E-state index contributed by atoms with van der Waals surface area (Å²) < 4.78 is 5.67. The van der Waals surface area contributed by atoms with Crippen molar-refractivity contribution in [2.75, 3.05) is 26.2 Å². The number of thiophene rings is 1. The fraction of sp³-hybridized carbons (Fsp3) is 0.500. The molecule has 1 atom stereocenters. The van der Waals surface area contributed by atoms with Crippen molar-refractivity contribution in [2.45, 2.75) is 45.6 Å². The van der Waals surface area contributed by atoms with Crippen LogP contribution in [0.15, 0.2) is 35.0 Å². The average Bonchev–Trinajstić information content (AvgIpc) is 3.06. The van der Waals surface area contributed by atoms with Crippen molar-refractivity contribution in [2.24, 2.45) is 0 Å². The summed E-state index contributed by atoms with van der Waals surface area (Å²) in [6.07, 6.45) is 5.10. The third-order valence-electron chi connectivity index (χ3n) is 5.35. The van der Waals surface area contributed by atoms with E-state index in [1.807, 2.05) is 18.2 Å². The lowest BCUT2D eigenvalue weighted by Crippen LogP contribution is -2.40. The Morgan fingerprint density at radius 1 is 1.15 bits per heavy atom. The normalized spacial score (nSPS) is 16.5. The molecule has 2 aromatic rings. The van der Waals surface area contributed by atoms with Gasteiger partial charge >= 0.3 is 0 Å². The minimum Gasteiger partial charge on any atom is -0.484 e. The Morgan fingerprint density at radius 2 is 1.93 bits per heavy atom. The second-order valence-electron chi connectivity index (χ2n) is 7.36. The van der Waals surface area contributed by atoms with Gasteiger partial charge in [0.05, 0.1) is 6.04 Å². The molecule has 0 aliphatic carbocycles. The Bertz CT molecular complexity index is 722. The maximum atomic E-state index is 12.3. The first-order valence-electron chi connectivity index (χ1n) is 9.86. The molecule has 1 aromatic carbocycles.